The highest BCUT2D eigenvalue weighted by Gasteiger charge is 2.20. The Hall–Kier alpha value is -2.81. The highest BCUT2D eigenvalue weighted by atomic mass is 32.2. The first-order valence-corrected chi connectivity index (χ1v) is 7.71. The third kappa shape index (κ3) is 3.69. The van der Waals surface area contributed by atoms with Gasteiger partial charge in [-0.2, -0.15) is 0 Å². The summed E-state index contributed by atoms with van der Waals surface area (Å²) in [5.41, 5.74) is -0.468. The second-order valence-corrected chi connectivity index (χ2v) is 6.26. The average Bonchev–Trinajstić information content (AvgIpc) is 2.49. The van der Waals surface area contributed by atoms with Gasteiger partial charge in [-0.15, -0.1) is 0 Å². The lowest BCUT2D eigenvalue weighted by Gasteiger charge is -2.08. The van der Waals surface area contributed by atoms with E-state index >= 15 is 0 Å². The first-order valence-electron chi connectivity index (χ1n) is 6.23. The highest BCUT2D eigenvalue weighted by Crippen LogP contribution is 2.14. The Labute approximate surface area is 130 Å². The fourth-order valence-electron chi connectivity index (χ4n) is 1.71. The molecule has 9 heteroatoms. The summed E-state index contributed by atoms with van der Waals surface area (Å²) in [4.78, 5) is 26.0. The SMILES string of the molecule is Cc1cc(S(=O)(=O)NC(=O)c2ccnc(C(=O)O)c2)ccc1F. The Balaban J connectivity index is 2.29. The molecule has 0 saturated heterocycles. The van der Waals surface area contributed by atoms with Gasteiger partial charge in [-0.25, -0.2) is 27.3 Å². The summed E-state index contributed by atoms with van der Waals surface area (Å²) in [5, 5.41) is 8.81. The van der Waals surface area contributed by atoms with Crippen LogP contribution in [0.25, 0.3) is 0 Å². The van der Waals surface area contributed by atoms with Crippen LogP contribution in [-0.4, -0.2) is 30.4 Å². The number of aromatic nitrogens is 1. The molecule has 0 spiro atoms. The first-order chi connectivity index (χ1) is 10.7. The van der Waals surface area contributed by atoms with Crippen molar-refractivity contribution in [2.24, 2.45) is 0 Å². The van der Waals surface area contributed by atoms with E-state index in [1.54, 1.807) is 4.72 Å². The van der Waals surface area contributed by atoms with Crippen molar-refractivity contribution in [2.45, 2.75) is 11.8 Å². The predicted molar refractivity (Wildman–Crippen MR) is 77.0 cm³/mol. The molecule has 23 heavy (non-hydrogen) atoms. The number of hydrogen-bond acceptors (Lipinski definition) is 5. The summed E-state index contributed by atoms with van der Waals surface area (Å²) in [7, 11) is -4.21. The van der Waals surface area contributed by atoms with Gasteiger partial charge < -0.3 is 5.11 Å². The molecule has 0 fully saturated rings. The molecule has 0 aliphatic rings. The molecule has 0 atom stereocenters. The third-order valence-corrected chi connectivity index (χ3v) is 4.24. The van der Waals surface area contributed by atoms with Crippen molar-refractivity contribution in [1.29, 1.82) is 0 Å². The van der Waals surface area contributed by atoms with Crippen LogP contribution in [0.5, 0.6) is 0 Å². The second-order valence-electron chi connectivity index (χ2n) is 4.58. The van der Waals surface area contributed by atoms with E-state index in [2.05, 4.69) is 4.98 Å². The summed E-state index contributed by atoms with van der Waals surface area (Å²) in [6.45, 7) is 1.39. The normalized spacial score (nSPS) is 11.0. The lowest BCUT2D eigenvalue weighted by Crippen LogP contribution is -2.30. The van der Waals surface area contributed by atoms with E-state index in [0.717, 1.165) is 30.5 Å². The largest absolute Gasteiger partial charge is 0.477 e. The Bertz CT molecular complexity index is 896. The highest BCUT2D eigenvalue weighted by molar-refractivity contribution is 7.90. The van der Waals surface area contributed by atoms with Gasteiger partial charge in [-0.05, 0) is 42.8 Å². The number of amides is 1. The molecule has 1 aromatic heterocycles. The van der Waals surface area contributed by atoms with E-state index < -0.39 is 33.4 Å². The molecule has 0 saturated carbocycles. The smallest absolute Gasteiger partial charge is 0.354 e. The maximum Gasteiger partial charge on any atom is 0.354 e. The Morgan fingerprint density at radius 1 is 1.22 bits per heavy atom. The summed E-state index contributed by atoms with van der Waals surface area (Å²) < 4.78 is 39.2. The molecule has 120 valence electrons. The van der Waals surface area contributed by atoms with E-state index in [4.69, 9.17) is 5.11 Å². The van der Waals surface area contributed by atoms with Crippen LogP contribution in [0.3, 0.4) is 0 Å². The van der Waals surface area contributed by atoms with Crippen LogP contribution in [0, 0.1) is 12.7 Å². The van der Waals surface area contributed by atoms with Gasteiger partial charge in [-0.1, -0.05) is 0 Å². The summed E-state index contributed by atoms with van der Waals surface area (Å²) >= 11 is 0. The van der Waals surface area contributed by atoms with Crippen LogP contribution >= 0.6 is 0 Å². The fourth-order valence-corrected chi connectivity index (χ4v) is 2.77. The minimum atomic E-state index is -4.21. The van der Waals surface area contributed by atoms with Gasteiger partial charge in [0, 0.05) is 11.8 Å². The lowest BCUT2D eigenvalue weighted by atomic mass is 10.2. The first kappa shape index (κ1) is 16.6. The number of carbonyl (C=O) groups excluding carboxylic acids is 1. The van der Waals surface area contributed by atoms with Crippen molar-refractivity contribution < 1.29 is 27.5 Å². The van der Waals surface area contributed by atoms with Crippen LogP contribution in [0.2, 0.25) is 0 Å². The van der Waals surface area contributed by atoms with Crippen molar-refractivity contribution in [3.8, 4) is 0 Å². The number of halogens is 1. The van der Waals surface area contributed by atoms with Crippen molar-refractivity contribution in [3.63, 3.8) is 0 Å². The number of carboxylic acids is 1. The molecule has 2 rings (SSSR count). The standard InChI is InChI=1S/C14H11FN2O5S/c1-8-6-10(2-3-11(8)15)23(21,22)17-13(18)9-4-5-16-12(7-9)14(19)20/h2-7H,1H3,(H,17,18)(H,19,20). The zero-order chi connectivity index (χ0) is 17.2. The number of aryl methyl sites for hydroxylation is 1. The molecule has 1 aromatic carbocycles. The molecule has 1 amide bonds. The van der Waals surface area contributed by atoms with Gasteiger partial charge in [0.05, 0.1) is 4.90 Å². The van der Waals surface area contributed by atoms with Crippen molar-refractivity contribution in [3.05, 3.63) is 59.2 Å². The van der Waals surface area contributed by atoms with E-state index in [1.165, 1.54) is 13.0 Å². The Morgan fingerprint density at radius 2 is 1.91 bits per heavy atom. The van der Waals surface area contributed by atoms with E-state index in [-0.39, 0.29) is 16.0 Å². The Kier molecular flexibility index (Phi) is 4.41. The van der Waals surface area contributed by atoms with Gasteiger partial charge >= 0.3 is 5.97 Å². The number of rotatable bonds is 4. The van der Waals surface area contributed by atoms with Crippen molar-refractivity contribution in [1.82, 2.24) is 9.71 Å². The number of nitrogens with zero attached hydrogens (tertiary/aromatic N) is 1. The number of nitrogens with one attached hydrogen (secondary N) is 1. The average molecular weight is 338 g/mol. The van der Waals surface area contributed by atoms with Crippen LogP contribution in [0.4, 0.5) is 4.39 Å². The molecular weight excluding hydrogens is 327 g/mol. The molecule has 0 unspecified atom stereocenters. The minimum absolute atomic E-state index is 0.109. The number of carbonyl (C=O) groups is 2. The molecule has 0 radical (unpaired) electrons. The van der Waals surface area contributed by atoms with Gasteiger partial charge in [0.25, 0.3) is 15.9 Å². The van der Waals surface area contributed by atoms with Crippen LogP contribution < -0.4 is 4.72 Å². The van der Waals surface area contributed by atoms with Gasteiger partial charge in [0.15, 0.2) is 0 Å². The lowest BCUT2D eigenvalue weighted by molar-refractivity contribution is 0.0690. The molecule has 0 aliphatic carbocycles. The van der Waals surface area contributed by atoms with Crippen LogP contribution in [0.1, 0.15) is 26.4 Å². The maximum absolute atomic E-state index is 13.2. The molecule has 2 aromatic rings. The van der Waals surface area contributed by atoms with Gasteiger partial charge in [0.2, 0.25) is 0 Å². The third-order valence-electron chi connectivity index (χ3n) is 2.91. The monoisotopic (exact) mass is 338 g/mol. The molecule has 0 bridgehead atoms. The van der Waals surface area contributed by atoms with Crippen LogP contribution in [-0.2, 0) is 10.0 Å². The van der Waals surface area contributed by atoms with E-state index in [1.807, 2.05) is 0 Å². The molecule has 0 aliphatic heterocycles. The fraction of sp³-hybridized carbons (Fsp3) is 0.0714. The van der Waals surface area contributed by atoms with Crippen molar-refractivity contribution in [2.75, 3.05) is 0 Å². The minimum Gasteiger partial charge on any atom is -0.477 e. The molecule has 1 heterocycles. The number of aromatic carboxylic acids is 1. The number of hydrogen-bond donors (Lipinski definition) is 2. The molecule has 2 N–H and O–H groups in total. The summed E-state index contributed by atoms with van der Waals surface area (Å²) in [6.07, 6.45) is 1.08. The summed E-state index contributed by atoms with van der Waals surface area (Å²) in [6, 6.07) is 5.20. The molecule has 7 nitrogen and oxygen atoms in total. The Morgan fingerprint density at radius 3 is 2.52 bits per heavy atom. The zero-order valence-corrected chi connectivity index (χ0v) is 12.6. The van der Waals surface area contributed by atoms with E-state index in [0.29, 0.717) is 0 Å². The zero-order valence-electron chi connectivity index (χ0n) is 11.8. The van der Waals surface area contributed by atoms with Crippen LogP contribution in [0.15, 0.2) is 41.4 Å². The molecular formula is C14H11FN2O5S. The second kappa shape index (κ2) is 6.13. The number of sulfonamides is 1. The number of benzene rings is 1. The van der Waals surface area contributed by atoms with Gasteiger partial charge in [0.1, 0.15) is 11.5 Å². The number of pyridine rings is 1. The van der Waals surface area contributed by atoms with Gasteiger partial charge in [-0.3, -0.25) is 4.79 Å². The maximum atomic E-state index is 13.2. The topological polar surface area (TPSA) is 113 Å². The quantitative estimate of drug-likeness (QED) is 0.870. The van der Waals surface area contributed by atoms with E-state index in [9.17, 15) is 22.4 Å². The predicted octanol–water partition coefficient (Wildman–Crippen LogP) is 1.35. The summed E-state index contributed by atoms with van der Waals surface area (Å²) in [5.74, 6) is -2.94. The van der Waals surface area contributed by atoms with Crippen molar-refractivity contribution >= 4 is 21.9 Å². The number of carboxylic acid groups (broad SMARTS) is 1.